The summed E-state index contributed by atoms with van der Waals surface area (Å²) in [6, 6.07) is 5.06. The standard InChI is InChI=1S/C11H11NO3/c1-15-9-5-6-10(12)8(7-9)3-2-4-11(13)14/h5-7H,4,12H2,1H3,(H,13,14). The van der Waals surface area contributed by atoms with Crippen LogP contribution < -0.4 is 10.5 Å². The van der Waals surface area contributed by atoms with E-state index in [0.717, 1.165) is 0 Å². The summed E-state index contributed by atoms with van der Waals surface area (Å²) < 4.78 is 5.00. The number of ether oxygens (including phenoxy) is 1. The molecule has 0 atom stereocenters. The molecule has 4 nitrogen and oxygen atoms in total. The van der Waals surface area contributed by atoms with E-state index in [4.69, 9.17) is 15.6 Å². The zero-order valence-corrected chi connectivity index (χ0v) is 8.28. The Bertz CT molecular complexity index is 429. The summed E-state index contributed by atoms with van der Waals surface area (Å²) in [5.41, 5.74) is 6.74. The predicted molar refractivity (Wildman–Crippen MR) is 56.5 cm³/mol. The smallest absolute Gasteiger partial charge is 0.315 e. The summed E-state index contributed by atoms with van der Waals surface area (Å²) in [6.07, 6.45) is -0.198. The lowest BCUT2D eigenvalue weighted by molar-refractivity contribution is -0.135. The summed E-state index contributed by atoms with van der Waals surface area (Å²) in [6.45, 7) is 0. The maximum atomic E-state index is 10.2. The van der Waals surface area contributed by atoms with Gasteiger partial charge in [-0.15, -0.1) is 0 Å². The molecular formula is C11H11NO3. The number of anilines is 1. The fourth-order valence-corrected chi connectivity index (χ4v) is 0.986. The molecule has 1 aromatic carbocycles. The minimum absolute atomic E-state index is 0.198. The zero-order chi connectivity index (χ0) is 11.3. The summed E-state index contributed by atoms with van der Waals surface area (Å²) >= 11 is 0. The van der Waals surface area contributed by atoms with Crippen LogP contribution in [0.25, 0.3) is 0 Å². The third-order valence-corrected chi connectivity index (χ3v) is 1.72. The van der Waals surface area contributed by atoms with Gasteiger partial charge in [0.15, 0.2) is 0 Å². The molecule has 0 aromatic heterocycles. The van der Waals surface area contributed by atoms with Gasteiger partial charge in [-0.25, -0.2) is 0 Å². The van der Waals surface area contributed by atoms with Crippen LogP contribution in [-0.2, 0) is 4.79 Å². The van der Waals surface area contributed by atoms with E-state index in [1.807, 2.05) is 0 Å². The third kappa shape index (κ3) is 3.24. The SMILES string of the molecule is COc1ccc(N)c(C#CCC(=O)O)c1. The van der Waals surface area contributed by atoms with Crippen LogP contribution in [0.1, 0.15) is 12.0 Å². The Morgan fingerprint density at radius 1 is 1.60 bits per heavy atom. The molecule has 0 bridgehead atoms. The molecule has 0 spiro atoms. The Labute approximate surface area is 87.7 Å². The van der Waals surface area contributed by atoms with E-state index in [1.165, 1.54) is 0 Å². The Balaban J connectivity index is 2.91. The summed E-state index contributed by atoms with van der Waals surface area (Å²) in [5.74, 6) is 4.88. The van der Waals surface area contributed by atoms with Crippen molar-refractivity contribution in [2.75, 3.05) is 12.8 Å². The lowest BCUT2D eigenvalue weighted by atomic mass is 10.1. The number of hydrogen-bond acceptors (Lipinski definition) is 3. The van der Waals surface area contributed by atoms with Gasteiger partial charge in [0, 0.05) is 5.69 Å². The van der Waals surface area contributed by atoms with Gasteiger partial charge in [-0.2, -0.15) is 0 Å². The number of methoxy groups -OCH3 is 1. The van der Waals surface area contributed by atoms with Gasteiger partial charge in [-0.05, 0) is 18.2 Å². The molecule has 1 aromatic rings. The molecule has 0 saturated carbocycles. The fraction of sp³-hybridized carbons (Fsp3) is 0.182. The number of carboxylic acids is 1. The molecule has 0 fully saturated rings. The van der Waals surface area contributed by atoms with Crippen molar-refractivity contribution >= 4 is 11.7 Å². The van der Waals surface area contributed by atoms with Gasteiger partial charge in [0.2, 0.25) is 0 Å². The molecule has 0 heterocycles. The molecule has 4 heteroatoms. The van der Waals surface area contributed by atoms with Crippen molar-refractivity contribution in [1.29, 1.82) is 0 Å². The molecular weight excluding hydrogens is 194 g/mol. The molecule has 1 rings (SSSR count). The van der Waals surface area contributed by atoms with E-state index in [-0.39, 0.29) is 6.42 Å². The van der Waals surface area contributed by atoms with Crippen molar-refractivity contribution in [3.63, 3.8) is 0 Å². The molecule has 15 heavy (non-hydrogen) atoms. The average Bonchev–Trinajstić information content (AvgIpc) is 2.20. The topological polar surface area (TPSA) is 72.5 Å². The van der Waals surface area contributed by atoms with Crippen molar-refractivity contribution in [1.82, 2.24) is 0 Å². The largest absolute Gasteiger partial charge is 0.497 e. The van der Waals surface area contributed by atoms with Crippen LogP contribution in [0.3, 0.4) is 0 Å². The van der Waals surface area contributed by atoms with E-state index < -0.39 is 5.97 Å². The van der Waals surface area contributed by atoms with Gasteiger partial charge in [0.05, 0.1) is 12.7 Å². The van der Waals surface area contributed by atoms with Crippen molar-refractivity contribution < 1.29 is 14.6 Å². The van der Waals surface area contributed by atoms with Crippen LogP contribution in [0.2, 0.25) is 0 Å². The van der Waals surface area contributed by atoms with E-state index in [0.29, 0.717) is 17.0 Å². The quantitative estimate of drug-likeness (QED) is 0.560. The third-order valence-electron chi connectivity index (χ3n) is 1.72. The molecule has 3 N–H and O–H groups in total. The molecule has 0 unspecified atom stereocenters. The monoisotopic (exact) mass is 205 g/mol. The summed E-state index contributed by atoms with van der Waals surface area (Å²) in [7, 11) is 1.54. The van der Waals surface area contributed by atoms with Gasteiger partial charge in [-0.3, -0.25) is 4.79 Å². The highest BCUT2D eigenvalue weighted by atomic mass is 16.5. The van der Waals surface area contributed by atoms with Gasteiger partial charge in [-0.1, -0.05) is 11.8 Å². The maximum absolute atomic E-state index is 10.2. The van der Waals surface area contributed by atoms with Gasteiger partial charge < -0.3 is 15.6 Å². The van der Waals surface area contributed by atoms with Gasteiger partial charge >= 0.3 is 5.97 Å². The molecule has 0 saturated heterocycles. The van der Waals surface area contributed by atoms with Crippen LogP contribution in [0.5, 0.6) is 5.75 Å². The Morgan fingerprint density at radius 3 is 2.93 bits per heavy atom. The van der Waals surface area contributed by atoms with E-state index in [1.54, 1.807) is 25.3 Å². The minimum Gasteiger partial charge on any atom is -0.497 e. The van der Waals surface area contributed by atoms with Crippen LogP contribution in [0.15, 0.2) is 18.2 Å². The zero-order valence-electron chi connectivity index (χ0n) is 8.28. The first kappa shape index (κ1) is 10.9. The van der Waals surface area contributed by atoms with Gasteiger partial charge in [0.25, 0.3) is 0 Å². The highest BCUT2D eigenvalue weighted by molar-refractivity contribution is 5.70. The first-order valence-electron chi connectivity index (χ1n) is 4.27. The Kier molecular flexibility index (Phi) is 3.58. The van der Waals surface area contributed by atoms with Crippen molar-refractivity contribution in [3.05, 3.63) is 23.8 Å². The predicted octanol–water partition coefficient (Wildman–Crippen LogP) is 1.10. The number of benzene rings is 1. The summed E-state index contributed by atoms with van der Waals surface area (Å²) in [4.78, 5) is 10.2. The first-order chi connectivity index (χ1) is 7.13. The highest BCUT2D eigenvalue weighted by Crippen LogP contribution is 2.18. The second-order valence-electron chi connectivity index (χ2n) is 2.83. The molecule has 0 aliphatic carbocycles. The second kappa shape index (κ2) is 4.91. The fourth-order valence-electron chi connectivity index (χ4n) is 0.986. The van der Waals surface area contributed by atoms with E-state index in [2.05, 4.69) is 11.8 Å². The van der Waals surface area contributed by atoms with E-state index in [9.17, 15) is 4.79 Å². The lowest BCUT2D eigenvalue weighted by Gasteiger charge is -2.02. The molecule has 78 valence electrons. The number of carbonyl (C=O) groups is 1. The minimum atomic E-state index is -0.955. The van der Waals surface area contributed by atoms with Crippen LogP contribution >= 0.6 is 0 Å². The molecule has 0 radical (unpaired) electrons. The van der Waals surface area contributed by atoms with Crippen LogP contribution in [-0.4, -0.2) is 18.2 Å². The Hall–Kier alpha value is -2.15. The maximum Gasteiger partial charge on any atom is 0.315 e. The van der Waals surface area contributed by atoms with Crippen molar-refractivity contribution in [2.24, 2.45) is 0 Å². The van der Waals surface area contributed by atoms with Crippen molar-refractivity contribution in [3.8, 4) is 17.6 Å². The normalized spacial score (nSPS) is 8.87. The average molecular weight is 205 g/mol. The van der Waals surface area contributed by atoms with Crippen molar-refractivity contribution in [2.45, 2.75) is 6.42 Å². The number of nitrogen functional groups attached to an aromatic ring is 1. The van der Waals surface area contributed by atoms with Crippen LogP contribution in [0.4, 0.5) is 5.69 Å². The number of hydrogen-bond donors (Lipinski definition) is 2. The first-order valence-corrected chi connectivity index (χ1v) is 4.27. The molecule has 0 aliphatic heterocycles. The van der Waals surface area contributed by atoms with Gasteiger partial charge in [0.1, 0.15) is 12.2 Å². The van der Waals surface area contributed by atoms with E-state index >= 15 is 0 Å². The highest BCUT2D eigenvalue weighted by Gasteiger charge is 1.98. The molecule has 0 amide bonds. The van der Waals surface area contributed by atoms with Crippen LogP contribution in [0, 0.1) is 11.8 Å². The summed E-state index contributed by atoms with van der Waals surface area (Å²) in [5, 5.41) is 8.40. The Morgan fingerprint density at radius 2 is 2.33 bits per heavy atom. The number of nitrogens with two attached hydrogens (primary N) is 1. The lowest BCUT2D eigenvalue weighted by Crippen LogP contribution is -1.93. The second-order valence-corrected chi connectivity index (χ2v) is 2.83. The molecule has 0 aliphatic rings. The number of aliphatic carboxylic acids is 1. The number of carboxylic acid groups (broad SMARTS) is 1. The number of rotatable bonds is 2.